The minimum absolute atomic E-state index is 0.134. The van der Waals surface area contributed by atoms with Crippen LogP contribution in [0, 0.1) is 5.92 Å². The Bertz CT molecular complexity index is 1130. The first-order valence-electron chi connectivity index (χ1n) is 12.4. The standard InChI is InChI=1S/C31H35NO3/c1-23-21-32(22-24(23)2)18-20-35-29-16-12-27(13-17-29)31(26-10-14-28(34)15-11-26)30(9-6-19-33)25-7-4-3-5-8-25/h3-5,7-8,10-17,24,33-34H,1,6,9,18-22H2,2H3/b31-30-. The van der Waals surface area contributed by atoms with E-state index in [-0.39, 0.29) is 12.4 Å². The molecule has 1 heterocycles. The smallest absolute Gasteiger partial charge is 0.119 e. The minimum Gasteiger partial charge on any atom is -0.508 e. The van der Waals surface area contributed by atoms with E-state index < -0.39 is 0 Å². The highest BCUT2D eigenvalue weighted by Crippen LogP contribution is 2.36. The zero-order chi connectivity index (χ0) is 24.6. The number of allylic oxidation sites excluding steroid dienone is 1. The van der Waals surface area contributed by atoms with Gasteiger partial charge in [0.25, 0.3) is 0 Å². The van der Waals surface area contributed by atoms with E-state index in [1.807, 2.05) is 42.5 Å². The number of phenolic OH excluding ortho intramolecular Hbond substituents is 1. The second kappa shape index (κ2) is 11.9. The summed E-state index contributed by atoms with van der Waals surface area (Å²) in [7, 11) is 0. The van der Waals surface area contributed by atoms with Crippen LogP contribution in [0.15, 0.2) is 91.0 Å². The van der Waals surface area contributed by atoms with Gasteiger partial charge in [0.1, 0.15) is 18.1 Å². The third-order valence-electron chi connectivity index (χ3n) is 6.64. The van der Waals surface area contributed by atoms with Gasteiger partial charge in [0.2, 0.25) is 0 Å². The summed E-state index contributed by atoms with van der Waals surface area (Å²) in [4.78, 5) is 2.39. The first-order valence-corrected chi connectivity index (χ1v) is 12.4. The normalized spacial score (nSPS) is 16.9. The van der Waals surface area contributed by atoms with Crippen molar-refractivity contribution >= 4 is 11.1 Å². The molecule has 0 bridgehead atoms. The van der Waals surface area contributed by atoms with Gasteiger partial charge in [-0.25, -0.2) is 0 Å². The molecule has 4 rings (SSSR count). The molecular formula is C31H35NO3. The summed E-state index contributed by atoms with van der Waals surface area (Å²) in [5.74, 6) is 1.65. The Balaban J connectivity index is 1.60. The number of benzene rings is 3. The quantitative estimate of drug-likeness (QED) is 0.282. The zero-order valence-electron chi connectivity index (χ0n) is 20.5. The van der Waals surface area contributed by atoms with E-state index in [2.05, 4.69) is 42.7 Å². The first kappa shape index (κ1) is 24.8. The molecular weight excluding hydrogens is 434 g/mol. The monoisotopic (exact) mass is 469 g/mol. The van der Waals surface area contributed by atoms with E-state index in [0.717, 1.165) is 54.1 Å². The second-order valence-electron chi connectivity index (χ2n) is 9.26. The van der Waals surface area contributed by atoms with Crippen LogP contribution in [0.1, 0.15) is 36.5 Å². The van der Waals surface area contributed by atoms with E-state index in [1.165, 1.54) is 11.1 Å². The Labute approximate surface area is 208 Å². The van der Waals surface area contributed by atoms with Crippen molar-refractivity contribution < 1.29 is 14.9 Å². The molecule has 3 aromatic carbocycles. The van der Waals surface area contributed by atoms with Crippen LogP contribution in [0.3, 0.4) is 0 Å². The number of nitrogens with zero attached hydrogens (tertiary/aromatic N) is 1. The van der Waals surface area contributed by atoms with Crippen LogP contribution in [0.5, 0.6) is 11.5 Å². The molecule has 1 saturated heterocycles. The Morgan fingerprint density at radius 2 is 1.60 bits per heavy atom. The summed E-state index contributed by atoms with van der Waals surface area (Å²) >= 11 is 0. The van der Waals surface area contributed by atoms with Gasteiger partial charge in [-0.05, 0) is 70.9 Å². The number of aliphatic hydroxyl groups excluding tert-OH is 1. The molecule has 0 spiro atoms. The van der Waals surface area contributed by atoms with E-state index in [9.17, 15) is 10.2 Å². The lowest BCUT2D eigenvalue weighted by molar-refractivity contribution is 0.235. The Morgan fingerprint density at radius 3 is 2.20 bits per heavy atom. The lowest BCUT2D eigenvalue weighted by atomic mass is 9.87. The van der Waals surface area contributed by atoms with Crippen molar-refractivity contribution in [3.05, 3.63) is 108 Å². The minimum atomic E-state index is 0.134. The Kier molecular flexibility index (Phi) is 8.40. The average Bonchev–Trinajstić information content (AvgIpc) is 3.20. The molecule has 0 amide bonds. The summed E-state index contributed by atoms with van der Waals surface area (Å²) in [5, 5.41) is 19.4. The second-order valence-corrected chi connectivity index (χ2v) is 9.26. The van der Waals surface area contributed by atoms with Crippen molar-refractivity contribution in [3.63, 3.8) is 0 Å². The largest absolute Gasteiger partial charge is 0.508 e. The summed E-state index contributed by atoms with van der Waals surface area (Å²) in [5.41, 5.74) is 6.80. The van der Waals surface area contributed by atoms with Crippen LogP contribution in [0.2, 0.25) is 0 Å². The summed E-state index contributed by atoms with van der Waals surface area (Å²) in [6.07, 6.45) is 1.42. The maximum absolute atomic E-state index is 9.86. The number of likely N-dealkylation sites (tertiary alicyclic amines) is 1. The van der Waals surface area contributed by atoms with Gasteiger partial charge in [0.05, 0.1) is 0 Å². The molecule has 35 heavy (non-hydrogen) atoms. The van der Waals surface area contributed by atoms with Gasteiger partial charge in [0, 0.05) is 26.2 Å². The summed E-state index contributed by atoms with van der Waals surface area (Å²) in [6.45, 7) is 10.1. The SMILES string of the molecule is C=C1CN(CCOc2ccc(/C(=C(/CCCO)c3ccccc3)c3ccc(O)cc3)cc2)CC1C. The topological polar surface area (TPSA) is 52.9 Å². The first-order chi connectivity index (χ1) is 17.0. The van der Waals surface area contributed by atoms with Gasteiger partial charge in [-0.15, -0.1) is 0 Å². The molecule has 4 nitrogen and oxygen atoms in total. The maximum atomic E-state index is 9.86. The number of aromatic hydroxyl groups is 1. The lowest BCUT2D eigenvalue weighted by Crippen LogP contribution is -2.26. The Morgan fingerprint density at radius 1 is 0.943 bits per heavy atom. The molecule has 1 unspecified atom stereocenters. The van der Waals surface area contributed by atoms with E-state index in [0.29, 0.717) is 18.9 Å². The average molecular weight is 470 g/mol. The summed E-state index contributed by atoms with van der Waals surface area (Å²) < 4.78 is 6.05. The van der Waals surface area contributed by atoms with Gasteiger partial charge in [-0.1, -0.05) is 73.7 Å². The molecule has 0 aromatic heterocycles. The molecule has 2 N–H and O–H groups in total. The number of rotatable bonds is 10. The highest BCUT2D eigenvalue weighted by atomic mass is 16.5. The van der Waals surface area contributed by atoms with Crippen LogP contribution < -0.4 is 4.74 Å². The van der Waals surface area contributed by atoms with Crippen molar-refractivity contribution in [2.45, 2.75) is 19.8 Å². The molecule has 1 aliphatic heterocycles. The van der Waals surface area contributed by atoms with Gasteiger partial charge in [0.15, 0.2) is 0 Å². The zero-order valence-corrected chi connectivity index (χ0v) is 20.5. The molecule has 3 aromatic rings. The van der Waals surface area contributed by atoms with Crippen molar-refractivity contribution in [2.75, 3.05) is 32.8 Å². The van der Waals surface area contributed by atoms with Crippen LogP contribution >= 0.6 is 0 Å². The van der Waals surface area contributed by atoms with Gasteiger partial charge < -0.3 is 14.9 Å². The number of aliphatic hydroxyl groups is 1. The molecule has 0 saturated carbocycles. The number of hydrogen-bond acceptors (Lipinski definition) is 4. The number of phenols is 1. The Hall–Kier alpha value is -3.34. The van der Waals surface area contributed by atoms with E-state index in [4.69, 9.17) is 4.74 Å². The third kappa shape index (κ3) is 6.41. The van der Waals surface area contributed by atoms with Gasteiger partial charge in [-0.3, -0.25) is 4.90 Å². The predicted molar refractivity (Wildman–Crippen MR) is 143 cm³/mol. The van der Waals surface area contributed by atoms with Crippen LogP contribution in [0.4, 0.5) is 0 Å². The van der Waals surface area contributed by atoms with E-state index >= 15 is 0 Å². The van der Waals surface area contributed by atoms with Crippen LogP contribution in [-0.2, 0) is 0 Å². The fourth-order valence-corrected chi connectivity index (χ4v) is 4.66. The van der Waals surface area contributed by atoms with Crippen LogP contribution in [0.25, 0.3) is 11.1 Å². The fourth-order valence-electron chi connectivity index (χ4n) is 4.66. The maximum Gasteiger partial charge on any atom is 0.119 e. The highest BCUT2D eigenvalue weighted by molar-refractivity contribution is 5.98. The molecule has 4 heteroatoms. The molecule has 1 atom stereocenters. The van der Waals surface area contributed by atoms with Crippen LogP contribution in [-0.4, -0.2) is 48.0 Å². The highest BCUT2D eigenvalue weighted by Gasteiger charge is 2.21. The van der Waals surface area contributed by atoms with Gasteiger partial charge in [-0.2, -0.15) is 0 Å². The fraction of sp³-hybridized carbons (Fsp3) is 0.290. The van der Waals surface area contributed by atoms with Gasteiger partial charge >= 0.3 is 0 Å². The van der Waals surface area contributed by atoms with Crippen molar-refractivity contribution in [2.24, 2.45) is 5.92 Å². The molecule has 1 fully saturated rings. The van der Waals surface area contributed by atoms with Crippen molar-refractivity contribution in [1.29, 1.82) is 0 Å². The summed E-state index contributed by atoms with van der Waals surface area (Å²) in [6, 6.07) is 25.9. The lowest BCUT2D eigenvalue weighted by Gasteiger charge is -2.18. The number of ether oxygens (including phenoxy) is 1. The van der Waals surface area contributed by atoms with Crippen molar-refractivity contribution in [3.8, 4) is 11.5 Å². The molecule has 0 aliphatic carbocycles. The third-order valence-corrected chi connectivity index (χ3v) is 6.64. The van der Waals surface area contributed by atoms with Crippen molar-refractivity contribution in [1.82, 2.24) is 4.90 Å². The molecule has 182 valence electrons. The molecule has 1 aliphatic rings. The van der Waals surface area contributed by atoms with E-state index in [1.54, 1.807) is 12.1 Å². The number of hydrogen-bond donors (Lipinski definition) is 2. The molecule has 0 radical (unpaired) electrons. The predicted octanol–water partition coefficient (Wildman–Crippen LogP) is 6.01.